The summed E-state index contributed by atoms with van der Waals surface area (Å²) in [6, 6.07) is 0. The molecule has 2 aliphatic carbocycles. The highest BCUT2D eigenvalue weighted by atomic mass is 16.1. The van der Waals surface area contributed by atoms with Gasteiger partial charge in [-0.1, -0.05) is 6.08 Å². The van der Waals surface area contributed by atoms with Gasteiger partial charge in [0.1, 0.15) is 0 Å². The molecule has 2 fully saturated rings. The number of amides is 1. The lowest BCUT2D eigenvalue weighted by Gasteiger charge is -2.15. The first-order chi connectivity index (χ1) is 6.81. The van der Waals surface area contributed by atoms with Crippen LogP contribution in [0.2, 0.25) is 0 Å². The van der Waals surface area contributed by atoms with E-state index in [1.165, 1.54) is 25.7 Å². The first-order valence-corrected chi connectivity index (χ1v) is 5.71. The summed E-state index contributed by atoms with van der Waals surface area (Å²) in [4.78, 5) is 11.2. The second kappa shape index (κ2) is 4.16. The van der Waals surface area contributed by atoms with E-state index in [-0.39, 0.29) is 5.91 Å². The molecule has 0 bridgehead atoms. The molecule has 0 aromatic heterocycles. The Labute approximate surface area is 85.8 Å². The minimum atomic E-state index is 0.0683. The second-order valence-corrected chi connectivity index (χ2v) is 4.58. The molecule has 2 aliphatic rings. The topological polar surface area (TPSA) is 29.1 Å². The molecule has 0 aliphatic heterocycles. The standard InChI is InChI=1S/C12H19NO/c1-2-3-12(14)13-8-11(9-4-5-9)10-6-7-10/h2-3,9-11H,4-8H2,1H3,(H,13,14). The maximum absolute atomic E-state index is 11.2. The van der Waals surface area contributed by atoms with Gasteiger partial charge in [0, 0.05) is 6.54 Å². The summed E-state index contributed by atoms with van der Waals surface area (Å²) in [6.07, 6.45) is 8.96. The zero-order valence-electron chi connectivity index (χ0n) is 8.83. The van der Waals surface area contributed by atoms with Gasteiger partial charge in [-0.05, 0) is 56.4 Å². The van der Waals surface area contributed by atoms with Crippen LogP contribution in [0.1, 0.15) is 32.6 Å². The smallest absolute Gasteiger partial charge is 0.243 e. The number of rotatable bonds is 5. The number of hydrogen-bond donors (Lipinski definition) is 1. The molecule has 14 heavy (non-hydrogen) atoms. The van der Waals surface area contributed by atoms with Crippen molar-refractivity contribution < 1.29 is 4.79 Å². The van der Waals surface area contributed by atoms with Crippen molar-refractivity contribution in [3.63, 3.8) is 0 Å². The molecular formula is C12H19NO. The van der Waals surface area contributed by atoms with Gasteiger partial charge < -0.3 is 5.32 Å². The monoisotopic (exact) mass is 193 g/mol. The third kappa shape index (κ3) is 2.60. The minimum absolute atomic E-state index is 0.0683. The van der Waals surface area contributed by atoms with Crippen molar-refractivity contribution in [1.82, 2.24) is 5.32 Å². The molecule has 2 nitrogen and oxygen atoms in total. The average Bonchev–Trinajstić information content (AvgIpc) is 3.01. The predicted octanol–water partition coefficient (Wildman–Crippen LogP) is 2.11. The summed E-state index contributed by atoms with van der Waals surface area (Å²) in [7, 11) is 0. The van der Waals surface area contributed by atoms with E-state index in [0.29, 0.717) is 0 Å². The first kappa shape index (κ1) is 9.75. The Kier molecular flexibility index (Phi) is 2.90. The summed E-state index contributed by atoms with van der Waals surface area (Å²) in [5, 5.41) is 3.00. The highest BCUT2D eigenvalue weighted by Crippen LogP contribution is 2.48. The van der Waals surface area contributed by atoms with Gasteiger partial charge in [0.25, 0.3) is 0 Å². The molecule has 0 aromatic carbocycles. The van der Waals surface area contributed by atoms with Crippen molar-refractivity contribution in [3.05, 3.63) is 12.2 Å². The van der Waals surface area contributed by atoms with Gasteiger partial charge in [-0.15, -0.1) is 0 Å². The van der Waals surface area contributed by atoms with Gasteiger partial charge in [0.15, 0.2) is 0 Å². The van der Waals surface area contributed by atoms with Crippen LogP contribution in [0.3, 0.4) is 0 Å². The Balaban J connectivity index is 1.73. The Morgan fingerprint density at radius 2 is 1.93 bits per heavy atom. The number of hydrogen-bond acceptors (Lipinski definition) is 1. The van der Waals surface area contributed by atoms with Crippen LogP contribution in [-0.2, 0) is 4.79 Å². The quantitative estimate of drug-likeness (QED) is 0.666. The molecule has 0 spiro atoms. The molecule has 1 amide bonds. The second-order valence-electron chi connectivity index (χ2n) is 4.58. The van der Waals surface area contributed by atoms with Crippen molar-refractivity contribution >= 4 is 5.91 Å². The van der Waals surface area contributed by atoms with Gasteiger partial charge in [0.05, 0.1) is 0 Å². The van der Waals surface area contributed by atoms with Crippen molar-refractivity contribution in [2.24, 2.45) is 17.8 Å². The maximum Gasteiger partial charge on any atom is 0.243 e. The number of allylic oxidation sites excluding steroid dienone is 1. The molecule has 2 heteroatoms. The minimum Gasteiger partial charge on any atom is -0.352 e. The van der Waals surface area contributed by atoms with E-state index in [4.69, 9.17) is 0 Å². The Bertz CT molecular complexity index is 227. The average molecular weight is 193 g/mol. The van der Waals surface area contributed by atoms with Crippen LogP contribution in [0.4, 0.5) is 0 Å². The Hall–Kier alpha value is -0.790. The molecule has 0 heterocycles. The summed E-state index contributed by atoms with van der Waals surface area (Å²) in [5.41, 5.74) is 0. The highest BCUT2D eigenvalue weighted by molar-refractivity contribution is 5.87. The fraction of sp³-hybridized carbons (Fsp3) is 0.750. The summed E-state index contributed by atoms with van der Waals surface area (Å²) >= 11 is 0. The van der Waals surface area contributed by atoms with E-state index in [2.05, 4.69) is 5.32 Å². The van der Waals surface area contributed by atoms with Crippen LogP contribution in [-0.4, -0.2) is 12.5 Å². The van der Waals surface area contributed by atoms with E-state index in [9.17, 15) is 4.79 Å². The van der Waals surface area contributed by atoms with E-state index in [1.54, 1.807) is 12.2 Å². The number of carbonyl (C=O) groups excluding carboxylic acids is 1. The molecule has 0 aromatic rings. The van der Waals surface area contributed by atoms with Gasteiger partial charge in [-0.25, -0.2) is 0 Å². The van der Waals surface area contributed by atoms with Crippen LogP contribution < -0.4 is 5.32 Å². The molecule has 1 N–H and O–H groups in total. The zero-order chi connectivity index (χ0) is 9.97. The van der Waals surface area contributed by atoms with Gasteiger partial charge in [-0.2, -0.15) is 0 Å². The lowest BCUT2D eigenvalue weighted by molar-refractivity contribution is -0.116. The van der Waals surface area contributed by atoms with Crippen LogP contribution in [0.15, 0.2) is 12.2 Å². The van der Waals surface area contributed by atoms with E-state index in [1.807, 2.05) is 6.92 Å². The normalized spacial score (nSPS) is 21.9. The third-order valence-electron chi connectivity index (χ3n) is 3.29. The zero-order valence-corrected chi connectivity index (χ0v) is 8.83. The van der Waals surface area contributed by atoms with Crippen molar-refractivity contribution in [1.29, 1.82) is 0 Å². The van der Waals surface area contributed by atoms with Crippen LogP contribution in [0, 0.1) is 17.8 Å². The molecule has 0 atom stereocenters. The molecule has 78 valence electrons. The van der Waals surface area contributed by atoms with Crippen LogP contribution >= 0.6 is 0 Å². The Morgan fingerprint density at radius 1 is 1.36 bits per heavy atom. The Morgan fingerprint density at radius 3 is 2.36 bits per heavy atom. The van der Waals surface area contributed by atoms with Gasteiger partial charge in [-0.3, -0.25) is 4.79 Å². The fourth-order valence-electron chi connectivity index (χ4n) is 2.20. The van der Waals surface area contributed by atoms with Crippen LogP contribution in [0.25, 0.3) is 0 Å². The van der Waals surface area contributed by atoms with Crippen molar-refractivity contribution in [2.75, 3.05) is 6.54 Å². The largest absolute Gasteiger partial charge is 0.352 e. The SMILES string of the molecule is CC=CC(=O)NCC(C1CC1)C1CC1. The molecule has 0 saturated heterocycles. The molecule has 2 rings (SSSR count). The summed E-state index contributed by atoms with van der Waals surface area (Å²) in [6.45, 7) is 2.78. The predicted molar refractivity (Wildman–Crippen MR) is 56.8 cm³/mol. The molecule has 0 unspecified atom stereocenters. The maximum atomic E-state index is 11.2. The summed E-state index contributed by atoms with van der Waals surface area (Å²) in [5.74, 6) is 2.70. The van der Waals surface area contributed by atoms with Gasteiger partial charge >= 0.3 is 0 Å². The molecule has 0 radical (unpaired) electrons. The number of nitrogens with one attached hydrogen (secondary N) is 1. The van der Waals surface area contributed by atoms with Crippen LogP contribution in [0.5, 0.6) is 0 Å². The van der Waals surface area contributed by atoms with Gasteiger partial charge in [0.2, 0.25) is 5.91 Å². The van der Waals surface area contributed by atoms with E-state index in [0.717, 1.165) is 24.3 Å². The third-order valence-corrected chi connectivity index (χ3v) is 3.29. The number of carbonyl (C=O) groups is 1. The first-order valence-electron chi connectivity index (χ1n) is 5.71. The fourth-order valence-corrected chi connectivity index (χ4v) is 2.20. The van der Waals surface area contributed by atoms with Crippen molar-refractivity contribution in [3.8, 4) is 0 Å². The lowest BCUT2D eigenvalue weighted by atomic mass is 9.98. The molecular weight excluding hydrogens is 174 g/mol. The van der Waals surface area contributed by atoms with Crippen molar-refractivity contribution in [2.45, 2.75) is 32.6 Å². The highest BCUT2D eigenvalue weighted by Gasteiger charge is 2.41. The van der Waals surface area contributed by atoms with E-state index < -0.39 is 0 Å². The van der Waals surface area contributed by atoms with E-state index >= 15 is 0 Å². The summed E-state index contributed by atoms with van der Waals surface area (Å²) < 4.78 is 0. The lowest BCUT2D eigenvalue weighted by Crippen LogP contribution is -2.29. The molecule has 2 saturated carbocycles.